The van der Waals surface area contributed by atoms with Crippen molar-refractivity contribution in [1.29, 1.82) is 0 Å². The highest BCUT2D eigenvalue weighted by atomic mass is 35.5. The van der Waals surface area contributed by atoms with E-state index in [4.69, 9.17) is 11.6 Å². The maximum absolute atomic E-state index is 5.95. The smallest absolute Gasteiger partial charge is 0.178 e. The molecular formula is C13H8ClN3. The highest BCUT2D eigenvalue weighted by Crippen LogP contribution is 2.21. The summed E-state index contributed by atoms with van der Waals surface area (Å²) >= 11 is 5.95. The number of rotatable bonds is 1. The van der Waals surface area contributed by atoms with Crippen LogP contribution < -0.4 is 0 Å². The summed E-state index contributed by atoms with van der Waals surface area (Å²) in [6.07, 6.45) is 3.44. The molecule has 0 bridgehead atoms. The van der Waals surface area contributed by atoms with Crippen LogP contribution in [0.2, 0.25) is 5.02 Å². The molecule has 3 aromatic rings. The molecule has 0 spiro atoms. The number of fused-ring (bicyclic) bond motifs is 1. The molecule has 0 radical (unpaired) electrons. The maximum atomic E-state index is 5.95. The van der Waals surface area contributed by atoms with Gasteiger partial charge in [0, 0.05) is 16.8 Å². The molecule has 0 amide bonds. The van der Waals surface area contributed by atoms with Gasteiger partial charge in [0.25, 0.3) is 0 Å². The van der Waals surface area contributed by atoms with Gasteiger partial charge >= 0.3 is 0 Å². The number of aromatic nitrogens is 3. The molecule has 1 aromatic carbocycles. The van der Waals surface area contributed by atoms with Gasteiger partial charge in [0.05, 0.1) is 11.9 Å². The van der Waals surface area contributed by atoms with Crippen molar-refractivity contribution in [3.05, 3.63) is 53.8 Å². The second kappa shape index (κ2) is 4.11. The van der Waals surface area contributed by atoms with Crippen LogP contribution in [0.5, 0.6) is 0 Å². The van der Waals surface area contributed by atoms with Crippen LogP contribution in [0.25, 0.3) is 22.4 Å². The first-order valence-electron chi connectivity index (χ1n) is 5.17. The third kappa shape index (κ3) is 1.97. The summed E-state index contributed by atoms with van der Waals surface area (Å²) in [5.74, 6) is 0. The van der Waals surface area contributed by atoms with E-state index in [1.165, 1.54) is 0 Å². The Bertz CT molecular complexity index is 682. The van der Waals surface area contributed by atoms with E-state index in [1.807, 2.05) is 36.4 Å². The largest absolute Gasteiger partial charge is 0.251 e. The van der Waals surface area contributed by atoms with Gasteiger partial charge in [-0.25, -0.2) is 9.97 Å². The first-order chi connectivity index (χ1) is 8.33. The Labute approximate surface area is 103 Å². The normalized spacial score (nSPS) is 10.6. The predicted molar refractivity (Wildman–Crippen MR) is 67.8 cm³/mol. The molecule has 0 unspecified atom stereocenters. The lowest BCUT2D eigenvalue weighted by Gasteiger charge is -2.02. The minimum atomic E-state index is 0.643. The standard InChI is InChI=1S/C13H8ClN3/c14-10-4-1-3-9(7-10)12-8-16-11-5-2-6-15-13(11)17-12/h1-8H. The van der Waals surface area contributed by atoms with Crippen LogP contribution in [-0.2, 0) is 0 Å². The summed E-state index contributed by atoms with van der Waals surface area (Å²) in [5.41, 5.74) is 3.15. The Balaban J connectivity index is 2.18. The lowest BCUT2D eigenvalue weighted by molar-refractivity contribution is 1.23. The molecule has 4 heteroatoms. The second-order valence-corrected chi connectivity index (χ2v) is 4.05. The third-order valence-electron chi connectivity index (χ3n) is 2.44. The Morgan fingerprint density at radius 3 is 2.82 bits per heavy atom. The molecule has 0 aliphatic rings. The molecule has 3 rings (SSSR count). The van der Waals surface area contributed by atoms with Gasteiger partial charge in [-0.15, -0.1) is 0 Å². The van der Waals surface area contributed by atoms with E-state index in [0.29, 0.717) is 10.7 Å². The Hall–Kier alpha value is -2.00. The Kier molecular flexibility index (Phi) is 2.46. The van der Waals surface area contributed by atoms with Crippen LogP contribution >= 0.6 is 11.6 Å². The van der Waals surface area contributed by atoms with E-state index >= 15 is 0 Å². The van der Waals surface area contributed by atoms with Crippen molar-refractivity contribution in [1.82, 2.24) is 15.0 Å². The van der Waals surface area contributed by atoms with Crippen molar-refractivity contribution < 1.29 is 0 Å². The average Bonchev–Trinajstić information content (AvgIpc) is 2.38. The van der Waals surface area contributed by atoms with E-state index in [9.17, 15) is 0 Å². The molecule has 0 saturated carbocycles. The zero-order valence-corrected chi connectivity index (χ0v) is 9.59. The molecule has 0 aliphatic carbocycles. The van der Waals surface area contributed by atoms with Crippen molar-refractivity contribution in [3.8, 4) is 11.3 Å². The lowest BCUT2D eigenvalue weighted by atomic mass is 10.1. The van der Waals surface area contributed by atoms with Crippen LogP contribution in [-0.4, -0.2) is 15.0 Å². The molecule has 2 aromatic heterocycles. The van der Waals surface area contributed by atoms with Gasteiger partial charge in [0.15, 0.2) is 5.65 Å². The molecule has 2 heterocycles. The van der Waals surface area contributed by atoms with E-state index in [2.05, 4.69) is 15.0 Å². The molecular weight excluding hydrogens is 234 g/mol. The first-order valence-corrected chi connectivity index (χ1v) is 5.54. The van der Waals surface area contributed by atoms with Crippen molar-refractivity contribution in [2.45, 2.75) is 0 Å². The Morgan fingerprint density at radius 2 is 1.94 bits per heavy atom. The van der Waals surface area contributed by atoms with Crippen LogP contribution in [0.3, 0.4) is 0 Å². The van der Waals surface area contributed by atoms with Gasteiger partial charge in [-0.05, 0) is 24.3 Å². The molecule has 0 atom stereocenters. The van der Waals surface area contributed by atoms with Gasteiger partial charge in [0.1, 0.15) is 5.52 Å². The van der Waals surface area contributed by atoms with Crippen LogP contribution in [0.1, 0.15) is 0 Å². The molecule has 0 saturated heterocycles. The Morgan fingerprint density at radius 1 is 1.00 bits per heavy atom. The molecule has 17 heavy (non-hydrogen) atoms. The summed E-state index contributed by atoms with van der Waals surface area (Å²) in [7, 11) is 0. The maximum Gasteiger partial charge on any atom is 0.178 e. The minimum absolute atomic E-state index is 0.643. The van der Waals surface area contributed by atoms with Crippen LogP contribution in [0.4, 0.5) is 0 Å². The van der Waals surface area contributed by atoms with Gasteiger partial charge in [-0.3, -0.25) is 4.98 Å². The van der Waals surface area contributed by atoms with Crippen molar-refractivity contribution in [2.75, 3.05) is 0 Å². The summed E-state index contributed by atoms with van der Waals surface area (Å²) < 4.78 is 0. The summed E-state index contributed by atoms with van der Waals surface area (Å²) in [6.45, 7) is 0. The van der Waals surface area contributed by atoms with Gasteiger partial charge in [-0.1, -0.05) is 23.7 Å². The SMILES string of the molecule is Clc1cccc(-c2cnc3cccnc3n2)c1. The van der Waals surface area contributed by atoms with E-state index < -0.39 is 0 Å². The number of hydrogen-bond donors (Lipinski definition) is 0. The number of pyridine rings is 1. The fourth-order valence-electron chi connectivity index (χ4n) is 1.64. The van der Waals surface area contributed by atoms with Crippen molar-refractivity contribution in [3.63, 3.8) is 0 Å². The van der Waals surface area contributed by atoms with E-state index in [1.54, 1.807) is 12.4 Å². The van der Waals surface area contributed by atoms with E-state index in [0.717, 1.165) is 16.8 Å². The summed E-state index contributed by atoms with van der Waals surface area (Å²) in [6, 6.07) is 11.3. The summed E-state index contributed by atoms with van der Waals surface area (Å²) in [4.78, 5) is 13.0. The highest BCUT2D eigenvalue weighted by Gasteiger charge is 2.03. The zero-order chi connectivity index (χ0) is 11.7. The highest BCUT2D eigenvalue weighted by molar-refractivity contribution is 6.30. The van der Waals surface area contributed by atoms with Crippen LogP contribution in [0, 0.1) is 0 Å². The quantitative estimate of drug-likeness (QED) is 0.656. The monoisotopic (exact) mass is 241 g/mol. The number of nitrogens with zero attached hydrogens (tertiary/aromatic N) is 3. The predicted octanol–water partition coefficient (Wildman–Crippen LogP) is 3.35. The van der Waals surface area contributed by atoms with Gasteiger partial charge in [-0.2, -0.15) is 0 Å². The van der Waals surface area contributed by atoms with Crippen molar-refractivity contribution in [2.24, 2.45) is 0 Å². The van der Waals surface area contributed by atoms with Gasteiger partial charge in [0.2, 0.25) is 0 Å². The number of halogens is 1. The fourth-order valence-corrected chi connectivity index (χ4v) is 1.83. The molecule has 0 fully saturated rings. The lowest BCUT2D eigenvalue weighted by Crippen LogP contribution is -1.90. The number of hydrogen-bond acceptors (Lipinski definition) is 3. The first kappa shape index (κ1) is 10.2. The molecule has 82 valence electrons. The van der Waals surface area contributed by atoms with E-state index in [-0.39, 0.29) is 0 Å². The fraction of sp³-hybridized carbons (Fsp3) is 0. The number of benzene rings is 1. The zero-order valence-electron chi connectivity index (χ0n) is 8.84. The summed E-state index contributed by atoms with van der Waals surface area (Å²) in [5, 5.41) is 0.686. The average molecular weight is 242 g/mol. The molecule has 3 nitrogen and oxygen atoms in total. The van der Waals surface area contributed by atoms with Crippen LogP contribution in [0.15, 0.2) is 48.8 Å². The minimum Gasteiger partial charge on any atom is -0.251 e. The van der Waals surface area contributed by atoms with Gasteiger partial charge < -0.3 is 0 Å². The molecule has 0 N–H and O–H groups in total. The topological polar surface area (TPSA) is 38.7 Å². The third-order valence-corrected chi connectivity index (χ3v) is 2.67. The van der Waals surface area contributed by atoms with Crippen molar-refractivity contribution >= 4 is 22.8 Å². The molecule has 0 aliphatic heterocycles. The second-order valence-electron chi connectivity index (χ2n) is 3.61.